The van der Waals surface area contributed by atoms with Crippen molar-refractivity contribution in [2.45, 2.75) is 25.8 Å². The van der Waals surface area contributed by atoms with Gasteiger partial charge in [-0.05, 0) is 37.1 Å². The number of carbonyl (C=O) groups excluding carboxylic acids is 3. The van der Waals surface area contributed by atoms with Crippen LogP contribution in [0.15, 0.2) is 42.5 Å². The molecule has 4 rings (SSSR count). The van der Waals surface area contributed by atoms with Crippen molar-refractivity contribution in [3.05, 3.63) is 65.0 Å². The summed E-state index contributed by atoms with van der Waals surface area (Å²) in [7, 11) is 0. The molecule has 0 aromatic heterocycles. The lowest BCUT2D eigenvalue weighted by atomic mass is 10.1. The number of para-hydroxylation sites is 1. The Labute approximate surface area is 150 Å². The molecule has 0 radical (unpaired) electrons. The topological polar surface area (TPSA) is 57.7 Å². The third-order valence-corrected chi connectivity index (χ3v) is 4.97. The quantitative estimate of drug-likeness (QED) is 0.798. The summed E-state index contributed by atoms with van der Waals surface area (Å²) in [4.78, 5) is 40.1. The molecule has 0 fully saturated rings. The fourth-order valence-electron chi connectivity index (χ4n) is 3.77. The van der Waals surface area contributed by atoms with Gasteiger partial charge in [0.15, 0.2) is 0 Å². The number of rotatable bonds is 3. The zero-order valence-electron chi connectivity index (χ0n) is 14.2. The molecule has 2 aromatic carbocycles. The van der Waals surface area contributed by atoms with Gasteiger partial charge in [-0.3, -0.25) is 19.3 Å². The van der Waals surface area contributed by atoms with Gasteiger partial charge in [0.05, 0.1) is 11.1 Å². The third kappa shape index (κ3) is 2.41. The van der Waals surface area contributed by atoms with Gasteiger partial charge in [-0.25, -0.2) is 4.39 Å². The summed E-state index contributed by atoms with van der Waals surface area (Å²) in [6.07, 6.45) is 0.784. The largest absolute Gasteiger partial charge is 0.309 e. The Balaban J connectivity index is 1.50. The van der Waals surface area contributed by atoms with Gasteiger partial charge < -0.3 is 4.90 Å². The van der Waals surface area contributed by atoms with Crippen molar-refractivity contribution in [2.75, 3.05) is 11.4 Å². The summed E-state index contributed by atoms with van der Waals surface area (Å²) in [5, 5.41) is 0. The molecule has 0 spiro atoms. The summed E-state index contributed by atoms with van der Waals surface area (Å²) < 4.78 is 13.9. The van der Waals surface area contributed by atoms with E-state index in [4.69, 9.17) is 0 Å². The molecule has 6 heteroatoms. The number of imide groups is 1. The van der Waals surface area contributed by atoms with Gasteiger partial charge in [0.2, 0.25) is 5.91 Å². The molecule has 2 heterocycles. The van der Waals surface area contributed by atoms with Crippen LogP contribution in [-0.4, -0.2) is 35.2 Å². The zero-order chi connectivity index (χ0) is 18.4. The molecule has 2 aliphatic rings. The average molecular weight is 352 g/mol. The molecule has 2 aromatic rings. The minimum Gasteiger partial charge on any atom is -0.309 e. The van der Waals surface area contributed by atoms with Crippen LogP contribution in [0.5, 0.6) is 0 Å². The normalized spacial score (nSPS) is 18.3. The third-order valence-electron chi connectivity index (χ3n) is 4.97. The maximum absolute atomic E-state index is 13.9. The Bertz CT molecular complexity index is 940. The number of hydrogen-bond donors (Lipinski definition) is 0. The Kier molecular flexibility index (Phi) is 3.83. The predicted molar refractivity (Wildman–Crippen MR) is 93.5 cm³/mol. The highest BCUT2D eigenvalue weighted by atomic mass is 19.1. The Morgan fingerprint density at radius 1 is 1.12 bits per heavy atom. The van der Waals surface area contributed by atoms with Crippen LogP contribution in [0, 0.1) is 5.82 Å². The smallest absolute Gasteiger partial charge is 0.264 e. The lowest BCUT2D eigenvalue weighted by Crippen LogP contribution is -2.39. The van der Waals surface area contributed by atoms with Crippen molar-refractivity contribution in [3.8, 4) is 0 Å². The summed E-state index contributed by atoms with van der Waals surface area (Å²) >= 11 is 0. The first-order valence-corrected chi connectivity index (χ1v) is 8.53. The number of fused-ring (bicyclic) bond motifs is 2. The Morgan fingerprint density at radius 2 is 1.88 bits per heavy atom. The number of carbonyl (C=O) groups is 3. The second kappa shape index (κ2) is 6.05. The summed E-state index contributed by atoms with van der Waals surface area (Å²) in [6, 6.07) is 11.7. The van der Waals surface area contributed by atoms with E-state index in [-0.39, 0.29) is 36.0 Å². The van der Waals surface area contributed by atoms with Crippen molar-refractivity contribution in [1.82, 2.24) is 4.90 Å². The van der Waals surface area contributed by atoms with Gasteiger partial charge in [-0.1, -0.05) is 24.3 Å². The highest BCUT2D eigenvalue weighted by molar-refractivity contribution is 6.21. The number of amides is 3. The molecule has 0 saturated heterocycles. The van der Waals surface area contributed by atoms with Gasteiger partial charge in [0, 0.05) is 24.7 Å². The average Bonchev–Trinajstić information content (AvgIpc) is 3.08. The first-order chi connectivity index (χ1) is 12.5. The summed E-state index contributed by atoms with van der Waals surface area (Å²) in [5.41, 5.74) is 1.83. The van der Waals surface area contributed by atoms with Crippen molar-refractivity contribution in [3.63, 3.8) is 0 Å². The maximum Gasteiger partial charge on any atom is 0.264 e. The second-order valence-corrected chi connectivity index (χ2v) is 6.62. The fraction of sp³-hybridized carbons (Fsp3) is 0.250. The zero-order valence-corrected chi connectivity index (χ0v) is 14.2. The minimum absolute atomic E-state index is 0.00572. The first kappa shape index (κ1) is 16.4. The monoisotopic (exact) mass is 352 g/mol. The van der Waals surface area contributed by atoms with Gasteiger partial charge in [-0.15, -0.1) is 0 Å². The first-order valence-electron chi connectivity index (χ1n) is 8.53. The Morgan fingerprint density at radius 3 is 2.65 bits per heavy atom. The minimum atomic E-state index is -0.711. The molecule has 132 valence electrons. The van der Waals surface area contributed by atoms with E-state index in [9.17, 15) is 18.8 Å². The molecule has 26 heavy (non-hydrogen) atoms. The van der Waals surface area contributed by atoms with Crippen molar-refractivity contribution in [2.24, 2.45) is 0 Å². The van der Waals surface area contributed by atoms with E-state index in [2.05, 4.69) is 0 Å². The van der Waals surface area contributed by atoms with Crippen LogP contribution in [0.1, 0.15) is 39.6 Å². The summed E-state index contributed by atoms with van der Waals surface area (Å²) in [6.45, 7) is 1.91. The van der Waals surface area contributed by atoms with E-state index >= 15 is 0 Å². The molecule has 0 N–H and O–H groups in total. The van der Waals surface area contributed by atoms with Crippen molar-refractivity contribution >= 4 is 23.4 Å². The standard InChI is InChI=1S/C20H17FN2O3/c1-12-11-13-5-2-3-8-16(13)23(12)17(24)9-10-22-19(25)14-6-4-7-15(21)18(14)20(22)26/h2-8,12H,9-11H2,1H3. The molecule has 1 atom stereocenters. The van der Waals surface area contributed by atoms with Crippen LogP contribution in [0.25, 0.3) is 0 Å². The van der Waals surface area contributed by atoms with Gasteiger partial charge >= 0.3 is 0 Å². The van der Waals surface area contributed by atoms with Gasteiger partial charge in [-0.2, -0.15) is 0 Å². The molecular formula is C20H17FN2O3. The predicted octanol–water partition coefficient (Wildman–Crippen LogP) is 2.79. The van der Waals surface area contributed by atoms with E-state index in [1.54, 1.807) is 4.90 Å². The molecule has 1 unspecified atom stereocenters. The molecule has 0 aliphatic carbocycles. The number of hydrogen-bond acceptors (Lipinski definition) is 3. The summed E-state index contributed by atoms with van der Waals surface area (Å²) in [5.74, 6) is -2.09. The second-order valence-electron chi connectivity index (χ2n) is 6.62. The molecule has 0 bridgehead atoms. The molecular weight excluding hydrogens is 335 g/mol. The van der Waals surface area contributed by atoms with Crippen LogP contribution < -0.4 is 4.90 Å². The molecule has 0 saturated carbocycles. The SMILES string of the molecule is CC1Cc2ccccc2N1C(=O)CCN1C(=O)c2cccc(F)c2C1=O. The van der Waals surface area contributed by atoms with Crippen LogP contribution in [0.3, 0.4) is 0 Å². The Hall–Kier alpha value is -3.02. The van der Waals surface area contributed by atoms with Gasteiger partial charge in [0.25, 0.3) is 11.8 Å². The van der Waals surface area contributed by atoms with Crippen molar-refractivity contribution < 1.29 is 18.8 Å². The lowest BCUT2D eigenvalue weighted by molar-refractivity contribution is -0.119. The number of anilines is 1. The van der Waals surface area contributed by atoms with Crippen LogP contribution >= 0.6 is 0 Å². The van der Waals surface area contributed by atoms with Crippen LogP contribution in [0.4, 0.5) is 10.1 Å². The highest BCUT2D eigenvalue weighted by Crippen LogP contribution is 2.32. The van der Waals surface area contributed by atoms with E-state index < -0.39 is 17.6 Å². The molecule has 2 aliphatic heterocycles. The highest BCUT2D eigenvalue weighted by Gasteiger charge is 2.38. The van der Waals surface area contributed by atoms with E-state index in [0.29, 0.717) is 0 Å². The fourth-order valence-corrected chi connectivity index (χ4v) is 3.77. The van der Waals surface area contributed by atoms with Crippen LogP contribution in [0.2, 0.25) is 0 Å². The molecule has 5 nitrogen and oxygen atoms in total. The lowest BCUT2D eigenvalue weighted by Gasteiger charge is -2.24. The van der Waals surface area contributed by atoms with E-state index in [1.165, 1.54) is 12.1 Å². The van der Waals surface area contributed by atoms with Crippen molar-refractivity contribution in [1.29, 1.82) is 0 Å². The van der Waals surface area contributed by atoms with E-state index in [1.807, 2.05) is 31.2 Å². The maximum atomic E-state index is 13.9. The molecule has 3 amide bonds. The number of halogens is 1. The van der Waals surface area contributed by atoms with Gasteiger partial charge in [0.1, 0.15) is 5.82 Å². The number of benzene rings is 2. The number of nitrogens with zero attached hydrogens (tertiary/aromatic N) is 2. The van der Waals surface area contributed by atoms with Crippen LogP contribution in [-0.2, 0) is 11.2 Å². The van der Waals surface area contributed by atoms with E-state index in [0.717, 1.165) is 28.6 Å².